The maximum atomic E-state index is 12.0. The summed E-state index contributed by atoms with van der Waals surface area (Å²) in [5.41, 5.74) is 1.63. The molecule has 2 aromatic rings. The number of methoxy groups -OCH3 is 2. The van der Waals surface area contributed by atoms with E-state index in [1.165, 1.54) is 7.11 Å². The highest BCUT2D eigenvalue weighted by atomic mass is 16.6. The number of nitrogens with zero attached hydrogens (tertiary/aromatic N) is 2. The van der Waals surface area contributed by atoms with E-state index in [4.69, 9.17) is 14.2 Å². The summed E-state index contributed by atoms with van der Waals surface area (Å²) in [7, 11) is 3.09. The molecule has 0 saturated heterocycles. The van der Waals surface area contributed by atoms with E-state index >= 15 is 0 Å². The van der Waals surface area contributed by atoms with Crippen molar-refractivity contribution in [2.45, 2.75) is 0 Å². The number of rotatable bonds is 4. The molecule has 0 radical (unpaired) electrons. The fraction of sp³-hybridized carbons (Fsp3) is 0.118. The van der Waals surface area contributed by atoms with Gasteiger partial charge in [-0.3, -0.25) is 4.98 Å². The molecule has 0 amide bonds. The summed E-state index contributed by atoms with van der Waals surface area (Å²) in [5.74, 6) is 0.852. The molecule has 6 heteroatoms. The van der Waals surface area contributed by atoms with Gasteiger partial charge in [-0.05, 0) is 35.9 Å². The van der Waals surface area contributed by atoms with Crippen LogP contribution in [-0.4, -0.2) is 31.1 Å². The SMILES string of the molecule is COc1ccc(C2=N/C(=C/c3cccnc3)C(=O)O2)cc1OC. The van der Waals surface area contributed by atoms with Crippen LogP contribution in [0.3, 0.4) is 0 Å². The molecule has 0 saturated carbocycles. The highest BCUT2D eigenvalue weighted by molar-refractivity contribution is 6.13. The van der Waals surface area contributed by atoms with Crippen molar-refractivity contribution >= 4 is 17.9 Å². The number of ether oxygens (including phenoxy) is 3. The van der Waals surface area contributed by atoms with Crippen LogP contribution >= 0.6 is 0 Å². The van der Waals surface area contributed by atoms with E-state index in [1.54, 1.807) is 49.8 Å². The van der Waals surface area contributed by atoms with Gasteiger partial charge in [0.25, 0.3) is 0 Å². The standard InChI is InChI=1S/C17H14N2O4/c1-21-14-6-5-12(9-15(14)22-2)16-19-13(17(20)23-16)8-11-4-3-7-18-10-11/h3-10H,1-2H3/b13-8+. The van der Waals surface area contributed by atoms with Crippen molar-refractivity contribution in [2.75, 3.05) is 14.2 Å². The summed E-state index contributed by atoms with van der Waals surface area (Å²) in [6.07, 6.45) is 4.93. The predicted molar refractivity (Wildman–Crippen MR) is 84.4 cm³/mol. The highest BCUT2D eigenvalue weighted by Gasteiger charge is 2.25. The number of hydrogen-bond acceptors (Lipinski definition) is 6. The van der Waals surface area contributed by atoms with Crippen molar-refractivity contribution in [1.29, 1.82) is 0 Å². The number of aromatic nitrogens is 1. The zero-order valence-electron chi connectivity index (χ0n) is 12.6. The van der Waals surface area contributed by atoms with Crippen molar-refractivity contribution in [3.8, 4) is 11.5 Å². The van der Waals surface area contributed by atoms with Crippen LogP contribution in [0.5, 0.6) is 11.5 Å². The molecule has 0 N–H and O–H groups in total. The Balaban J connectivity index is 1.94. The molecule has 0 unspecified atom stereocenters. The zero-order chi connectivity index (χ0) is 16.2. The summed E-state index contributed by atoms with van der Waals surface area (Å²) in [6, 6.07) is 8.80. The molecule has 1 aromatic heterocycles. The first-order valence-electron chi connectivity index (χ1n) is 6.86. The van der Waals surface area contributed by atoms with Gasteiger partial charge in [-0.1, -0.05) is 6.07 Å². The Bertz CT molecular complexity index is 797. The molecular formula is C17H14N2O4. The molecule has 1 aliphatic rings. The van der Waals surface area contributed by atoms with Crippen LogP contribution in [0.15, 0.2) is 53.4 Å². The number of pyridine rings is 1. The first-order chi connectivity index (χ1) is 11.2. The maximum absolute atomic E-state index is 12.0. The fourth-order valence-corrected chi connectivity index (χ4v) is 2.12. The largest absolute Gasteiger partial charge is 0.493 e. The second kappa shape index (κ2) is 6.31. The number of carbonyl (C=O) groups is 1. The van der Waals surface area contributed by atoms with Gasteiger partial charge in [0.05, 0.1) is 14.2 Å². The average molecular weight is 310 g/mol. The second-order valence-corrected chi connectivity index (χ2v) is 4.69. The fourth-order valence-electron chi connectivity index (χ4n) is 2.12. The van der Waals surface area contributed by atoms with Crippen molar-refractivity contribution < 1.29 is 19.0 Å². The van der Waals surface area contributed by atoms with Crippen LogP contribution < -0.4 is 9.47 Å². The van der Waals surface area contributed by atoms with Gasteiger partial charge in [-0.2, -0.15) is 0 Å². The summed E-state index contributed by atoms with van der Waals surface area (Å²) in [4.78, 5) is 20.2. The summed E-state index contributed by atoms with van der Waals surface area (Å²) >= 11 is 0. The van der Waals surface area contributed by atoms with Crippen LogP contribution in [-0.2, 0) is 9.53 Å². The lowest BCUT2D eigenvalue weighted by molar-refractivity contribution is -0.129. The Hall–Kier alpha value is -3.15. The van der Waals surface area contributed by atoms with Crippen LogP contribution in [0.2, 0.25) is 0 Å². The van der Waals surface area contributed by atoms with Gasteiger partial charge >= 0.3 is 5.97 Å². The molecular weight excluding hydrogens is 296 g/mol. The highest BCUT2D eigenvalue weighted by Crippen LogP contribution is 2.29. The Morgan fingerprint density at radius 1 is 1.13 bits per heavy atom. The minimum atomic E-state index is -0.501. The molecule has 0 bridgehead atoms. The number of hydrogen-bond donors (Lipinski definition) is 0. The van der Waals surface area contributed by atoms with Crippen molar-refractivity contribution in [1.82, 2.24) is 4.98 Å². The summed E-state index contributed by atoms with van der Waals surface area (Å²) in [6.45, 7) is 0. The van der Waals surface area contributed by atoms with E-state index in [1.807, 2.05) is 6.07 Å². The predicted octanol–water partition coefficient (Wildman–Crippen LogP) is 2.44. The van der Waals surface area contributed by atoms with E-state index in [0.717, 1.165) is 5.56 Å². The van der Waals surface area contributed by atoms with Crippen LogP contribution in [0.4, 0.5) is 0 Å². The average Bonchev–Trinajstić information content (AvgIpc) is 2.96. The lowest BCUT2D eigenvalue weighted by atomic mass is 10.2. The molecule has 2 heterocycles. The van der Waals surface area contributed by atoms with Gasteiger partial charge in [0.1, 0.15) is 0 Å². The van der Waals surface area contributed by atoms with E-state index < -0.39 is 5.97 Å². The lowest BCUT2D eigenvalue weighted by Crippen LogP contribution is -2.05. The van der Waals surface area contributed by atoms with Gasteiger partial charge in [-0.25, -0.2) is 9.79 Å². The Morgan fingerprint density at radius 2 is 1.96 bits per heavy atom. The minimum absolute atomic E-state index is 0.225. The summed E-state index contributed by atoms with van der Waals surface area (Å²) < 4.78 is 15.7. The molecule has 0 aliphatic carbocycles. The molecule has 0 spiro atoms. The number of aliphatic imine (C=N–C) groups is 1. The third-order valence-electron chi connectivity index (χ3n) is 3.24. The van der Waals surface area contributed by atoms with Crippen LogP contribution in [0.1, 0.15) is 11.1 Å². The normalized spacial score (nSPS) is 15.3. The Kier molecular flexibility index (Phi) is 4.05. The monoisotopic (exact) mass is 310 g/mol. The van der Waals surface area contributed by atoms with Crippen LogP contribution in [0.25, 0.3) is 6.08 Å². The first-order valence-corrected chi connectivity index (χ1v) is 6.86. The molecule has 6 nitrogen and oxygen atoms in total. The van der Waals surface area contributed by atoms with Crippen LogP contribution in [0, 0.1) is 0 Å². The number of benzene rings is 1. The van der Waals surface area contributed by atoms with Crippen molar-refractivity contribution in [3.63, 3.8) is 0 Å². The summed E-state index contributed by atoms with van der Waals surface area (Å²) in [5, 5.41) is 0. The number of carbonyl (C=O) groups excluding carboxylic acids is 1. The van der Waals surface area contributed by atoms with Gasteiger partial charge in [-0.15, -0.1) is 0 Å². The molecule has 0 atom stereocenters. The maximum Gasteiger partial charge on any atom is 0.363 e. The quantitative estimate of drug-likeness (QED) is 0.641. The molecule has 23 heavy (non-hydrogen) atoms. The molecule has 1 aromatic carbocycles. The van der Waals surface area contributed by atoms with Gasteiger partial charge in [0, 0.05) is 18.0 Å². The molecule has 116 valence electrons. The molecule has 1 aliphatic heterocycles. The third-order valence-corrected chi connectivity index (χ3v) is 3.24. The van der Waals surface area contributed by atoms with Gasteiger partial charge in [0.15, 0.2) is 17.2 Å². The zero-order valence-corrected chi connectivity index (χ0v) is 12.6. The van der Waals surface area contributed by atoms with E-state index in [-0.39, 0.29) is 11.6 Å². The van der Waals surface area contributed by atoms with Gasteiger partial charge < -0.3 is 14.2 Å². The first kappa shape index (κ1) is 14.8. The smallest absolute Gasteiger partial charge is 0.363 e. The van der Waals surface area contributed by atoms with Crippen molar-refractivity contribution in [2.24, 2.45) is 4.99 Å². The molecule has 3 rings (SSSR count). The lowest BCUT2D eigenvalue weighted by Gasteiger charge is -2.08. The Labute approximate surface area is 133 Å². The van der Waals surface area contributed by atoms with E-state index in [0.29, 0.717) is 17.1 Å². The second-order valence-electron chi connectivity index (χ2n) is 4.69. The van der Waals surface area contributed by atoms with Gasteiger partial charge in [0.2, 0.25) is 5.90 Å². The topological polar surface area (TPSA) is 70.0 Å². The third kappa shape index (κ3) is 3.06. The van der Waals surface area contributed by atoms with E-state index in [9.17, 15) is 4.79 Å². The Morgan fingerprint density at radius 3 is 2.65 bits per heavy atom. The van der Waals surface area contributed by atoms with E-state index in [2.05, 4.69) is 9.98 Å². The molecule has 0 fully saturated rings. The minimum Gasteiger partial charge on any atom is -0.493 e. The number of cyclic esters (lactones) is 1. The van der Waals surface area contributed by atoms with Crippen molar-refractivity contribution in [3.05, 3.63) is 59.5 Å². The number of esters is 1.